The molecular formula is C20H27N5. The van der Waals surface area contributed by atoms with Crippen LogP contribution in [0.4, 0.5) is 5.82 Å². The van der Waals surface area contributed by atoms with Gasteiger partial charge in [-0.25, -0.2) is 14.6 Å². The van der Waals surface area contributed by atoms with Crippen molar-refractivity contribution in [1.82, 2.24) is 19.7 Å². The number of aryl methyl sites for hydroxylation is 1. The van der Waals surface area contributed by atoms with Crippen LogP contribution >= 0.6 is 0 Å². The summed E-state index contributed by atoms with van der Waals surface area (Å²) in [5, 5.41) is 5.77. The summed E-state index contributed by atoms with van der Waals surface area (Å²) in [6.07, 6.45) is 3.68. The lowest BCUT2D eigenvalue weighted by atomic mass is 9.94. The highest BCUT2D eigenvalue weighted by Gasteiger charge is 2.27. The first kappa shape index (κ1) is 17.4. The Morgan fingerprint density at radius 1 is 1.12 bits per heavy atom. The van der Waals surface area contributed by atoms with E-state index in [4.69, 9.17) is 10.8 Å². The molecule has 0 atom stereocenters. The van der Waals surface area contributed by atoms with Crippen molar-refractivity contribution in [2.75, 3.05) is 5.73 Å². The summed E-state index contributed by atoms with van der Waals surface area (Å²) in [6, 6.07) is 8.33. The third kappa shape index (κ3) is 3.36. The minimum Gasteiger partial charge on any atom is -0.383 e. The Morgan fingerprint density at radius 3 is 2.44 bits per heavy atom. The van der Waals surface area contributed by atoms with E-state index in [0.29, 0.717) is 11.7 Å². The summed E-state index contributed by atoms with van der Waals surface area (Å²) in [7, 11) is 0. The summed E-state index contributed by atoms with van der Waals surface area (Å²) >= 11 is 0. The number of nitrogens with two attached hydrogens (primary N) is 1. The highest BCUT2D eigenvalue weighted by Crippen LogP contribution is 2.34. The molecule has 0 radical (unpaired) electrons. The summed E-state index contributed by atoms with van der Waals surface area (Å²) in [5.41, 5.74) is 9.96. The van der Waals surface area contributed by atoms with E-state index < -0.39 is 0 Å². The molecular weight excluding hydrogens is 310 g/mol. The maximum atomic E-state index is 6.20. The fraction of sp³-hybridized carbons (Fsp3) is 0.450. The second kappa shape index (κ2) is 6.47. The Bertz CT molecular complexity index is 875. The largest absolute Gasteiger partial charge is 0.383 e. The summed E-state index contributed by atoms with van der Waals surface area (Å²) in [4.78, 5) is 8.70. The van der Waals surface area contributed by atoms with Crippen molar-refractivity contribution in [1.29, 1.82) is 0 Å². The Labute approximate surface area is 149 Å². The maximum Gasteiger partial charge on any atom is 0.164 e. The van der Waals surface area contributed by atoms with Gasteiger partial charge in [0.05, 0.1) is 10.9 Å². The van der Waals surface area contributed by atoms with Gasteiger partial charge in [-0.2, -0.15) is 5.10 Å². The molecule has 0 fully saturated rings. The van der Waals surface area contributed by atoms with Crippen LogP contribution in [0.5, 0.6) is 0 Å². The highest BCUT2D eigenvalue weighted by molar-refractivity contribution is 5.98. The standard InChI is InChI=1S/C20H27N5/c1-13(2)10-11-20(4,5)25-19-16(18(21)22-12-23-19)17(24-25)15-8-6-14(3)7-9-15/h6-9,12-13H,10-11H2,1-5H3,(H2,21,22,23). The van der Waals surface area contributed by atoms with Gasteiger partial charge in [-0.05, 0) is 39.5 Å². The first-order valence-electron chi connectivity index (χ1n) is 8.86. The van der Waals surface area contributed by atoms with Crippen LogP contribution in [0.2, 0.25) is 0 Å². The van der Waals surface area contributed by atoms with Crippen molar-refractivity contribution < 1.29 is 0 Å². The van der Waals surface area contributed by atoms with E-state index in [2.05, 4.69) is 68.9 Å². The minimum atomic E-state index is -0.147. The predicted molar refractivity (Wildman–Crippen MR) is 103 cm³/mol. The highest BCUT2D eigenvalue weighted by atomic mass is 15.3. The van der Waals surface area contributed by atoms with Crippen LogP contribution in [0.15, 0.2) is 30.6 Å². The van der Waals surface area contributed by atoms with Crippen LogP contribution in [0.25, 0.3) is 22.3 Å². The summed E-state index contributed by atoms with van der Waals surface area (Å²) in [5.74, 6) is 1.13. The van der Waals surface area contributed by atoms with E-state index in [1.807, 2.05) is 4.68 Å². The van der Waals surface area contributed by atoms with E-state index in [1.165, 1.54) is 11.9 Å². The molecule has 2 heterocycles. The van der Waals surface area contributed by atoms with Gasteiger partial charge in [0.2, 0.25) is 0 Å². The number of hydrogen-bond donors (Lipinski definition) is 1. The smallest absolute Gasteiger partial charge is 0.164 e. The zero-order chi connectivity index (χ0) is 18.2. The van der Waals surface area contributed by atoms with Gasteiger partial charge in [-0.15, -0.1) is 0 Å². The number of rotatable bonds is 5. The number of anilines is 1. The third-order valence-electron chi connectivity index (χ3n) is 4.73. The first-order valence-corrected chi connectivity index (χ1v) is 8.86. The Kier molecular flexibility index (Phi) is 4.50. The number of hydrogen-bond acceptors (Lipinski definition) is 4. The number of aromatic nitrogens is 4. The first-order chi connectivity index (χ1) is 11.8. The molecule has 25 heavy (non-hydrogen) atoms. The number of fused-ring (bicyclic) bond motifs is 1. The lowest BCUT2D eigenvalue weighted by Crippen LogP contribution is -2.28. The topological polar surface area (TPSA) is 69.6 Å². The van der Waals surface area contributed by atoms with Gasteiger partial charge in [-0.3, -0.25) is 0 Å². The molecule has 5 nitrogen and oxygen atoms in total. The molecule has 5 heteroatoms. The maximum absolute atomic E-state index is 6.20. The van der Waals surface area contributed by atoms with E-state index in [0.717, 1.165) is 35.1 Å². The molecule has 0 amide bonds. The van der Waals surface area contributed by atoms with E-state index in [1.54, 1.807) is 0 Å². The van der Waals surface area contributed by atoms with Crippen LogP contribution in [-0.4, -0.2) is 19.7 Å². The Morgan fingerprint density at radius 2 is 1.80 bits per heavy atom. The molecule has 0 saturated heterocycles. The zero-order valence-corrected chi connectivity index (χ0v) is 15.7. The zero-order valence-electron chi connectivity index (χ0n) is 15.7. The molecule has 0 spiro atoms. The lowest BCUT2D eigenvalue weighted by Gasteiger charge is -2.26. The Hall–Kier alpha value is -2.43. The predicted octanol–water partition coefficient (Wildman–Crippen LogP) is 4.56. The van der Waals surface area contributed by atoms with Crippen molar-refractivity contribution in [3.8, 4) is 11.3 Å². The van der Waals surface area contributed by atoms with Crippen molar-refractivity contribution in [2.24, 2.45) is 5.92 Å². The van der Waals surface area contributed by atoms with Crippen molar-refractivity contribution in [3.05, 3.63) is 36.2 Å². The fourth-order valence-corrected chi connectivity index (χ4v) is 3.06. The number of nitrogens with zero attached hydrogens (tertiary/aromatic N) is 4. The Balaban J connectivity index is 2.18. The van der Waals surface area contributed by atoms with E-state index >= 15 is 0 Å². The molecule has 2 N–H and O–H groups in total. The second-order valence-electron chi connectivity index (χ2n) is 7.83. The van der Waals surface area contributed by atoms with Gasteiger partial charge in [0.25, 0.3) is 0 Å². The van der Waals surface area contributed by atoms with Crippen molar-refractivity contribution >= 4 is 16.9 Å². The molecule has 3 aromatic rings. The SMILES string of the molecule is Cc1ccc(-c2nn(C(C)(C)CCC(C)C)c3ncnc(N)c23)cc1. The van der Waals surface area contributed by atoms with Crippen LogP contribution in [0.3, 0.4) is 0 Å². The molecule has 0 aliphatic rings. The van der Waals surface area contributed by atoms with E-state index in [-0.39, 0.29) is 5.54 Å². The molecule has 0 bridgehead atoms. The third-order valence-corrected chi connectivity index (χ3v) is 4.73. The van der Waals surface area contributed by atoms with Crippen molar-refractivity contribution in [3.63, 3.8) is 0 Å². The van der Waals surface area contributed by atoms with E-state index in [9.17, 15) is 0 Å². The van der Waals surface area contributed by atoms with Gasteiger partial charge in [0, 0.05) is 5.56 Å². The normalized spacial score (nSPS) is 12.2. The van der Waals surface area contributed by atoms with Gasteiger partial charge in [0.15, 0.2) is 5.65 Å². The lowest BCUT2D eigenvalue weighted by molar-refractivity contribution is 0.281. The molecule has 3 rings (SSSR count). The molecule has 0 aliphatic heterocycles. The van der Waals surface area contributed by atoms with Gasteiger partial charge < -0.3 is 5.73 Å². The van der Waals surface area contributed by atoms with Crippen LogP contribution in [0, 0.1) is 12.8 Å². The van der Waals surface area contributed by atoms with Crippen LogP contribution < -0.4 is 5.73 Å². The monoisotopic (exact) mass is 337 g/mol. The van der Waals surface area contributed by atoms with Crippen LogP contribution in [0.1, 0.15) is 46.1 Å². The average Bonchev–Trinajstić information content (AvgIpc) is 2.96. The van der Waals surface area contributed by atoms with Gasteiger partial charge >= 0.3 is 0 Å². The number of benzene rings is 1. The number of nitrogen functional groups attached to an aromatic ring is 1. The average molecular weight is 337 g/mol. The summed E-state index contributed by atoms with van der Waals surface area (Å²) < 4.78 is 2.03. The second-order valence-corrected chi connectivity index (χ2v) is 7.83. The van der Waals surface area contributed by atoms with Gasteiger partial charge in [0.1, 0.15) is 17.8 Å². The molecule has 0 saturated carbocycles. The van der Waals surface area contributed by atoms with Crippen molar-refractivity contribution in [2.45, 2.75) is 53.0 Å². The molecule has 0 aliphatic carbocycles. The van der Waals surface area contributed by atoms with Gasteiger partial charge in [-0.1, -0.05) is 43.7 Å². The quantitative estimate of drug-likeness (QED) is 0.741. The summed E-state index contributed by atoms with van der Waals surface area (Å²) in [6.45, 7) is 11.0. The molecule has 2 aromatic heterocycles. The van der Waals surface area contributed by atoms with Crippen LogP contribution in [-0.2, 0) is 5.54 Å². The fourth-order valence-electron chi connectivity index (χ4n) is 3.06. The minimum absolute atomic E-state index is 0.147. The molecule has 132 valence electrons. The molecule has 1 aromatic carbocycles. The molecule has 0 unspecified atom stereocenters.